The Kier molecular flexibility index (Phi) is 5.68. The molecule has 1 unspecified atom stereocenters. The average molecular weight is 407 g/mol. The second-order valence-corrected chi connectivity index (χ2v) is 8.27. The van der Waals surface area contributed by atoms with Gasteiger partial charge in [-0.05, 0) is 69.4 Å². The van der Waals surface area contributed by atoms with Gasteiger partial charge in [-0.3, -0.25) is 4.79 Å². The van der Waals surface area contributed by atoms with Gasteiger partial charge in [-0.25, -0.2) is 0 Å². The number of benzene rings is 2. The maximum atomic E-state index is 12.7. The number of nitrogens with one attached hydrogen (secondary N) is 1. The molecule has 6 nitrogen and oxygen atoms in total. The van der Waals surface area contributed by atoms with Gasteiger partial charge < -0.3 is 24.4 Å². The number of ether oxygens (including phenoxy) is 1. The van der Waals surface area contributed by atoms with Crippen molar-refractivity contribution in [2.75, 3.05) is 44.5 Å². The monoisotopic (exact) mass is 406 g/mol. The van der Waals surface area contributed by atoms with Gasteiger partial charge in [0.2, 0.25) is 5.91 Å². The van der Waals surface area contributed by atoms with Gasteiger partial charge in [0.25, 0.3) is 0 Å². The van der Waals surface area contributed by atoms with E-state index < -0.39 is 0 Å². The predicted octanol–water partition coefficient (Wildman–Crippen LogP) is 3.74. The summed E-state index contributed by atoms with van der Waals surface area (Å²) in [4.78, 5) is 17.4. The van der Waals surface area contributed by atoms with E-state index in [0.717, 1.165) is 41.9 Å². The lowest BCUT2D eigenvalue weighted by molar-refractivity contribution is -0.116. The number of hydrogen-bond acceptors (Lipinski definition) is 4. The molecule has 0 saturated carbocycles. The maximum absolute atomic E-state index is 12.7. The minimum atomic E-state index is -0.0364. The largest absolute Gasteiger partial charge is 0.497 e. The molecule has 1 N–H and O–H groups in total. The Hall–Kier alpha value is -2.99. The predicted molar refractivity (Wildman–Crippen MR) is 123 cm³/mol. The van der Waals surface area contributed by atoms with Crippen LogP contribution in [0.2, 0.25) is 0 Å². The average Bonchev–Trinajstić information content (AvgIpc) is 3.37. The van der Waals surface area contributed by atoms with E-state index >= 15 is 0 Å². The molecule has 1 amide bonds. The van der Waals surface area contributed by atoms with Gasteiger partial charge in [0, 0.05) is 47.6 Å². The SMILES string of the molecule is COc1ccc2c(ccn2CC(=O)Nc2ccc(C)c(N3CCC(N(C)C)C3)c2)c1. The van der Waals surface area contributed by atoms with Gasteiger partial charge in [0.15, 0.2) is 0 Å². The molecule has 1 fully saturated rings. The third kappa shape index (κ3) is 4.14. The summed E-state index contributed by atoms with van der Waals surface area (Å²) in [7, 11) is 5.93. The van der Waals surface area contributed by atoms with Crippen molar-refractivity contribution in [3.63, 3.8) is 0 Å². The summed E-state index contributed by atoms with van der Waals surface area (Å²) in [6.07, 6.45) is 3.10. The van der Waals surface area contributed by atoms with E-state index in [-0.39, 0.29) is 12.5 Å². The lowest BCUT2D eigenvalue weighted by Gasteiger charge is -2.24. The molecule has 0 spiro atoms. The highest BCUT2D eigenvalue weighted by Gasteiger charge is 2.25. The number of methoxy groups -OCH3 is 1. The Morgan fingerprint density at radius 1 is 1.20 bits per heavy atom. The molecular formula is C24H30N4O2. The minimum absolute atomic E-state index is 0.0364. The molecule has 6 heteroatoms. The summed E-state index contributed by atoms with van der Waals surface area (Å²) in [5.41, 5.74) is 4.29. The second-order valence-electron chi connectivity index (χ2n) is 8.27. The quantitative estimate of drug-likeness (QED) is 0.678. The van der Waals surface area contributed by atoms with E-state index in [1.165, 1.54) is 11.3 Å². The molecule has 4 rings (SSSR count). The van der Waals surface area contributed by atoms with Crippen molar-refractivity contribution in [3.05, 3.63) is 54.2 Å². The first-order valence-corrected chi connectivity index (χ1v) is 10.4. The van der Waals surface area contributed by atoms with E-state index in [9.17, 15) is 4.79 Å². The number of aryl methyl sites for hydroxylation is 1. The van der Waals surface area contributed by atoms with Crippen molar-refractivity contribution in [2.45, 2.75) is 25.9 Å². The first kappa shape index (κ1) is 20.3. The van der Waals surface area contributed by atoms with Crippen molar-refractivity contribution in [1.82, 2.24) is 9.47 Å². The highest BCUT2D eigenvalue weighted by Crippen LogP contribution is 2.29. The molecule has 2 heterocycles. The van der Waals surface area contributed by atoms with Crippen LogP contribution in [-0.2, 0) is 11.3 Å². The number of likely N-dealkylation sites (N-methyl/N-ethyl adjacent to an activating group) is 1. The molecule has 0 radical (unpaired) electrons. The molecule has 0 aliphatic carbocycles. The number of carbonyl (C=O) groups is 1. The second kappa shape index (κ2) is 8.40. The molecule has 1 aliphatic heterocycles. The van der Waals surface area contributed by atoms with Crippen LogP contribution in [0.15, 0.2) is 48.7 Å². The lowest BCUT2D eigenvalue weighted by atomic mass is 10.1. The van der Waals surface area contributed by atoms with Crippen LogP contribution in [0, 0.1) is 6.92 Å². The number of aromatic nitrogens is 1. The Labute approximate surface area is 178 Å². The van der Waals surface area contributed by atoms with Crippen molar-refractivity contribution in [1.29, 1.82) is 0 Å². The first-order chi connectivity index (χ1) is 14.4. The highest BCUT2D eigenvalue weighted by molar-refractivity contribution is 5.92. The Balaban J connectivity index is 1.46. The zero-order valence-corrected chi connectivity index (χ0v) is 18.2. The van der Waals surface area contributed by atoms with Crippen LogP contribution in [0.3, 0.4) is 0 Å². The summed E-state index contributed by atoms with van der Waals surface area (Å²) >= 11 is 0. The fraction of sp³-hybridized carbons (Fsp3) is 0.375. The summed E-state index contributed by atoms with van der Waals surface area (Å²) in [6, 6.07) is 14.6. The van der Waals surface area contributed by atoms with Crippen LogP contribution < -0.4 is 15.0 Å². The zero-order valence-electron chi connectivity index (χ0n) is 18.2. The van der Waals surface area contributed by atoms with E-state index in [2.05, 4.69) is 48.3 Å². The van der Waals surface area contributed by atoms with Crippen molar-refractivity contribution < 1.29 is 9.53 Å². The number of amides is 1. The van der Waals surface area contributed by atoms with Gasteiger partial charge in [-0.15, -0.1) is 0 Å². The number of hydrogen-bond donors (Lipinski definition) is 1. The van der Waals surface area contributed by atoms with E-state index in [1.54, 1.807) is 7.11 Å². The van der Waals surface area contributed by atoms with Crippen molar-refractivity contribution in [2.24, 2.45) is 0 Å². The molecule has 1 saturated heterocycles. The summed E-state index contributed by atoms with van der Waals surface area (Å²) in [6.45, 7) is 4.46. The number of anilines is 2. The van der Waals surface area contributed by atoms with Crippen LogP contribution in [0.1, 0.15) is 12.0 Å². The molecule has 1 aromatic heterocycles. The molecule has 3 aromatic rings. The standard InChI is InChI=1S/C24H30N4O2/c1-17-5-6-19(14-23(17)27-12-10-20(15-27)26(2)3)25-24(29)16-28-11-9-18-13-21(30-4)7-8-22(18)28/h5-9,11,13-14,20H,10,12,15-16H2,1-4H3,(H,25,29). The molecule has 158 valence electrons. The summed E-state index contributed by atoms with van der Waals surface area (Å²) in [5.74, 6) is 0.779. The van der Waals surface area contributed by atoms with Crippen LogP contribution in [-0.4, -0.2) is 55.7 Å². The first-order valence-electron chi connectivity index (χ1n) is 10.4. The normalized spacial score (nSPS) is 16.4. The van der Waals surface area contributed by atoms with Crippen molar-refractivity contribution >= 4 is 28.2 Å². The Morgan fingerprint density at radius 3 is 2.77 bits per heavy atom. The smallest absolute Gasteiger partial charge is 0.244 e. The Morgan fingerprint density at radius 2 is 2.03 bits per heavy atom. The van der Waals surface area contributed by atoms with Gasteiger partial charge in [-0.1, -0.05) is 6.07 Å². The highest BCUT2D eigenvalue weighted by atomic mass is 16.5. The van der Waals surface area contributed by atoms with Gasteiger partial charge in [0.1, 0.15) is 12.3 Å². The Bertz CT molecular complexity index is 1060. The number of carbonyl (C=O) groups excluding carboxylic acids is 1. The van der Waals surface area contributed by atoms with Crippen LogP contribution in [0.5, 0.6) is 5.75 Å². The van der Waals surface area contributed by atoms with Gasteiger partial charge in [0.05, 0.1) is 7.11 Å². The van der Waals surface area contributed by atoms with Crippen LogP contribution in [0.25, 0.3) is 10.9 Å². The van der Waals surface area contributed by atoms with E-state index in [0.29, 0.717) is 6.04 Å². The fourth-order valence-electron chi connectivity index (χ4n) is 4.21. The van der Waals surface area contributed by atoms with Crippen molar-refractivity contribution in [3.8, 4) is 5.75 Å². The molecule has 0 bridgehead atoms. The van der Waals surface area contributed by atoms with Gasteiger partial charge >= 0.3 is 0 Å². The molecular weight excluding hydrogens is 376 g/mol. The van der Waals surface area contributed by atoms with E-state index in [1.807, 2.05) is 41.1 Å². The number of rotatable bonds is 6. The fourth-order valence-corrected chi connectivity index (χ4v) is 4.21. The lowest BCUT2D eigenvalue weighted by Crippen LogP contribution is -2.31. The molecule has 1 atom stereocenters. The third-order valence-corrected chi connectivity index (χ3v) is 6.02. The van der Waals surface area contributed by atoms with Crippen LogP contribution >= 0.6 is 0 Å². The third-order valence-electron chi connectivity index (χ3n) is 6.02. The molecule has 2 aromatic carbocycles. The number of fused-ring (bicyclic) bond motifs is 1. The zero-order chi connectivity index (χ0) is 21.3. The molecule has 30 heavy (non-hydrogen) atoms. The minimum Gasteiger partial charge on any atom is -0.497 e. The molecule has 1 aliphatic rings. The maximum Gasteiger partial charge on any atom is 0.244 e. The van der Waals surface area contributed by atoms with Crippen LogP contribution in [0.4, 0.5) is 11.4 Å². The topological polar surface area (TPSA) is 49.7 Å². The number of nitrogens with zero attached hydrogens (tertiary/aromatic N) is 3. The summed E-state index contributed by atoms with van der Waals surface area (Å²) in [5, 5.41) is 4.13. The van der Waals surface area contributed by atoms with E-state index in [4.69, 9.17) is 4.74 Å². The summed E-state index contributed by atoms with van der Waals surface area (Å²) < 4.78 is 7.24. The van der Waals surface area contributed by atoms with Gasteiger partial charge in [-0.2, -0.15) is 0 Å².